The van der Waals surface area contributed by atoms with Crippen LogP contribution >= 0.6 is 12.2 Å². The van der Waals surface area contributed by atoms with Crippen LogP contribution in [0, 0.1) is 12.3 Å². The van der Waals surface area contributed by atoms with Gasteiger partial charge in [0.05, 0.1) is 0 Å². The zero-order valence-electron chi connectivity index (χ0n) is 14.4. The minimum Gasteiger partial charge on any atom is -0.481 e. The molecule has 0 N–H and O–H groups in total. The number of hydrogen-bond acceptors (Lipinski definition) is 3. The Kier molecular flexibility index (Phi) is 5.40. The molecule has 0 atom stereocenters. The largest absolute Gasteiger partial charge is 0.481 e. The van der Waals surface area contributed by atoms with Gasteiger partial charge in [-0.3, -0.25) is 9.69 Å². The van der Waals surface area contributed by atoms with Gasteiger partial charge in [0.2, 0.25) is 0 Å². The Bertz CT molecular complexity index is 727. The summed E-state index contributed by atoms with van der Waals surface area (Å²) in [5, 5.41) is 0.608. The molecule has 1 aliphatic heterocycles. The highest BCUT2D eigenvalue weighted by Gasteiger charge is 2.40. The minimum absolute atomic E-state index is 0.00654. The van der Waals surface area contributed by atoms with Gasteiger partial charge in [-0.1, -0.05) is 37.3 Å². The third-order valence-corrected chi connectivity index (χ3v) is 5.21. The lowest BCUT2D eigenvalue weighted by molar-refractivity contribution is -0.124. The molecule has 0 bridgehead atoms. The van der Waals surface area contributed by atoms with Crippen LogP contribution in [0.3, 0.4) is 0 Å². The molecule has 25 heavy (non-hydrogen) atoms. The smallest absolute Gasteiger partial charge is 0.277 e. The fraction of sp³-hybridized carbons (Fsp3) is 0.400. The maximum absolute atomic E-state index is 12.9. The van der Waals surface area contributed by atoms with Crippen molar-refractivity contribution in [2.75, 3.05) is 13.7 Å². The first kappa shape index (κ1) is 17.5. The Morgan fingerprint density at radius 3 is 2.60 bits per heavy atom. The zero-order valence-corrected chi connectivity index (χ0v) is 15.2. The number of thiocarbonyl (C=S) groups is 1. The Morgan fingerprint density at radius 1 is 1.28 bits per heavy atom. The molecule has 1 aromatic rings. The summed E-state index contributed by atoms with van der Waals surface area (Å²) in [4.78, 5) is 16.5. The molecule has 1 heterocycles. The number of hydrogen-bond donors (Lipinski definition) is 0. The van der Waals surface area contributed by atoms with Gasteiger partial charge >= 0.3 is 0 Å². The van der Waals surface area contributed by atoms with E-state index in [-0.39, 0.29) is 18.6 Å². The van der Waals surface area contributed by atoms with Gasteiger partial charge in [-0.2, -0.15) is 0 Å². The van der Waals surface area contributed by atoms with Gasteiger partial charge in [-0.15, -0.1) is 6.42 Å². The number of amides is 1. The summed E-state index contributed by atoms with van der Waals surface area (Å²) in [5.74, 6) is 3.16. The molecule has 0 aromatic heterocycles. The van der Waals surface area contributed by atoms with E-state index in [0.29, 0.717) is 16.6 Å². The molecule has 3 rings (SSSR count). The predicted octanol–water partition coefficient (Wildman–Crippen LogP) is 3.43. The zero-order chi connectivity index (χ0) is 17.8. The second-order valence-corrected chi connectivity index (χ2v) is 6.77. The molecular formula is C20H22N2O2S. The molecule has 2 fully saturated rings. The SMILES string of the molecule is C#CCOc1ccc(/C=C2/C(=O)N(C3CCCCC3)C(=S)N2C)cc1. The first-order valence-corrected chi connectivity index (χ1v) is 9.02. The summed E-state index contributed by atoms with van der Waals surface area (Å²) in [5.41, 5.74) is 1.55. The quantitative estimate of drug-likeness (QED) is 0.471. The third-order valence-electron chi connectivity index (χ3n) is 4.74. The molecule has 0 radical (unpaired) electrons. The summed E-state index contributed by atoms with van der Waals surface area (Å²) in [6.07, 6.45) is 12.7. The molecule has 1 saturated carbocycles. The maximum atomic E-state index is 12.9. The van der Waals surface area contributed by atoms with E-state index >= 15 is 0 Å². The van der Waals surface area contributed by atoms with Crippen LogP contribution in [0.2, 0.25) is 0 Å². The van der Waals surface area contributed by atoms with Crippen LogP contribution in [0.25, 0.3) is 6.08 Å². The average Bonchev–Trinajstić information content (AvgIpc) is 2.85. The van der Waals surface area contributed by atoms with Crippen molar-refractivity contribution in [3.8, 4) is 18.1 Å². The predicted molar refractivity (Wildman–Crippen MR) is 103 cm³/mol. The van der Waals surface area contributed by atoms with Crippen LogP contribution < -0.4 is 4.74 Å². The Hall–Kier alpha value is -2.32. The highest BCUT2D eigenvalue weighted by Crippen LogP contribution is 2.30. The van der Waals surface area contributed by atoms with Crippen LogP contribution in [-0.2, 0) is 4.79 Å². The van der Waals surface area contributed by atoms with E-state index in [9.17, 15) is 4.79 Å². The van der Waals surface area contributed by atoms with Crippen molar-refractivity contribution in [2.45, 2.75) is 38.1 Å². The summed E-state index contributed by atoms with van der Waals surface area (Å²) >= 11 is 5.53. The van der Waals surface area contributed by atoms with Crippen molar-refractivity contribution >= 4 is 29.3 Å². The summed E-state index contributed by atoms with van der Waals surface area (Å²) in [7, 11) is 1.86. The third kappa shape index (κ3) is 3.69. The molecule has 0 unspecified atom stereocenters. The summed E-state index contributed by atoms with van der Waals surface area (Å²) < 4.78 is 5.37. The molecule has 1 amide bonds. The Balaban J connectivity index is 1.79. The molecule has 1 saturated heterocycles. The van der Waals surface area contributed by atoms with E-state index in [0.717, 1.165) is 18.4 Å². The van der Waals surface area contributed by atoms with Gasteiger partial charge in [0.1, 0.15) is 18.1 Å². The van der Waals surface area contributed by atoms with Crippen LogP contribution in [0.4, 0.5) is 0 Å². The molecule has 1 aliphatic carbocycles. The van der Waals surface area contributed by atoms with E-state index in [1.165, 1.54) is 19.3 Å². The van der Waals surface area contributed by atoms with Crippen LogP contribution in [0.5, 0.6) is 5.75 Å². The van der Waals surface area contributed by atoms with Crippen molar-refractivity contribution in [1.82, 2.24) is 9.80 Å². The molecule has 130 valence electrons. The number of ether oxygens (including phenoxy) is 1. The molecule has 4 nitrogen and oxygen atoms in total. The van der Waals surface area contributed by atoms with Crippen LogP contribution in [0.1, 0.15) is 37.7 Å². The van der Waals surface area contributed by atoms with E-state index < -0.39 is 0 Å². The lowest BCUT2D eigenvalue weighted by atomic mass is 9.94. The van der Waals surface area contributed by atoms with Gasteiger partial charge in [0, 0.05) is 13.1 Å². The van der Waals surface area contributed by atoms with E-state index in [4.69, 9.17) is 23.4 Å². The second-order valence-electron chi connectivity index (χ2n) is 6.40. The van der Waals surface area contributed by atoms with Gasteiger partial charge < -0.3 is 9.64 Å². The normalized spacial score (nSPS) is 20.2. The molecule has 1 aromatic carbocycles. The van der Waals surface area contributed by atoms with Crippen LogP contribution in [0.15, 0.2) is 30.0 Å². The van der Waals surface area contributed by atoms with Gasteiger partial charge in [0.25, 0.3) is 5.91 Å². The topological polar surface area (TPSA) is 32.8 Å². The number of nitrogens with zero attached hydrogens (tertiary/aromatic N) is 2. The lowest BCUT2D eigenvalue weighted by Gasteiger charge is -2.30. The minimum atomic E-state index is 0.00654. The van der Waals surface area contributed by atoms with Crippen molar-refractivity contribution in [1.29, 1.82) is 0 Å². The van der Waals surface area contributed by atoms with Crippen molar-refractivity contribution in [2.24, 2.45) is 0 Å². The number of carbonyl (C=O) groups is 1. The number of rotatable bonds is 4. The van der Waals surface area contributed by atoms with Crippen molar-refractivity contribution in [3.05, 3.63) is 35.5 Å². The molecular weight excluding hydrogens is 332 g/mol. The monoisotopic (exact) mass is 354 g/mol. The first-order chi connectivity index (χ1) is 12.1. The number of benzene rings is 1. The number of terminal acetylenes is 1. The average molecular weight is 354 g/mol. The van der Waals surface area contributed by atoms with Crippen molar-refractivity contribution in [3.63, 3.8) is 0 Å². The highest BCUT2D eigenvalue weighted by molar-refractivity contribution is 7.80. The first-order valence-electron chi connectivity index (χ1n) is 8.61. The molecule has 0 spiro atoms. The fourth-order valence-electron chi connectivity index (χ4n) is 3.38. The van der Waals surface area contributed by atoms with Gasteiger partial charge in [-0.05, 0) is 48.8 Å². The van der Waals surface area contributed by atoms with Crippen molar-refractivity contribution < 1.29 is 9.53 Å². The maximum Gasteiger partial charge on any atom is 0.277 e. The highest BCUT2D eigenvalue weighted by atomic mass is 32.1. The second kappa shape index (κ2) is 7.71. The van der Waals surface area contributed by atoms with Crippen LogP contribution in [-0.4, -0.2) is 40.5 Å². The summed E-state index contributed by atoms with van der Waals surface area (Å²) in [6.45, 7) is 0.242. The van der Waals surface area contributed by atoms with E-state index in [2.05, 4.69) is 5.92 Å². The Labute approximate surface area is 154 Å². The van der Waals surface area contributed by atoms with E-state index in [1.54, 1.807) is 0 Å². The van der Waals surface area contributed by atoms with Gasteiger partial charge in [0.15, 0.2) is 5.11 Å². The standard InChI is InChI=1S/C20H22N2O2S/c1-3-13-24-17-11-9-15(10-12-17)14-18-19(23)22(20(25)21(18)2)16-7-5-4-6-8-16/h1,9-12,14,16H,4-8,13H2,2H3/b18-14-. The fourth-order valence-corrected chi connectivity index (χ4v) is 3.71. The lowest BCUT2D eigenvalue weighted by Crippen LogP contribution is -2.41. The summed E-state index contributed by atoms with van der Waals surface area (Å²) in [6, 6.07) is 7.75. The molecule has 5 heteroatoms. The number of likely N-dealkylation sites (N-methyl/N-ethyl adjacent to an activating group) is 1. The molecule has 2 aliphatic rings. The van der Waals surface area contributed by atoms with E-state index in [1.807, 2.05) is 47.2 Å². The number of carbonyl (C=O) groups excluding carboxylic acids is 1. The Morgan fingerprint density at radius 2 is 1.96 bits per heavy atom. The van der Waals surface area contributed by atoms with Gasteiger partial charge in [-0.25, -0.2) is 0 Å².